The fourth-order valence-electron chi connectivity index (χ4n) is 2.96. The standard InChI is InChI=1S/C20H25NO4/c22-20-10-18-14-24-8-4-7-23-12-17(9-16-5-2-1-3-6-16)13-25-15-19(11-20)21-18/h1-3,5-6,10-11,17H,4,7-9,12-15H2,(H,21,22). The van der Waals surface area contributed by atoms with Crippen LogP contribution in [0.15, 0.2) is 47.3 Å². The van der Waals surface area contributed by atoms with E-state index in [9.17, 15) is 4.79 Å². The number of aromatic amines is 1. The van der Waals surface area contributed by atoms with Gasteiger partial charge in [0, 0.05) is 42.7 Å². The van der Waals surface area contributed by atoms with Crippen molar-refractivity contribution in [1.29, 1.82) is 0 Å². The maximum atomic E-state index is 11.8. The quantitative estimate of drug-likeness (QED) is 0.911. The molecular formula is C20H25NO4. The normalized spacial score (nSPS) is 19.9. The summed E-state index contributed by atoms with van der Waals surface area (Å²) in [5, 5.41) is 0. The molecule has 0 saturated heterocycles. The Morgan fingerprint density at radius 3 is 2.40 bits per heavy atom. The van der Waals surface area contributed by atoms with Crippen LogP contribution in [-0.2, 0) is 33.8 Å². The van der Waals surface area contributed by atoms with Gasteiger partial charge in [-0.2, -0.15) is 0 Å². The van der Waals surface area contributed by atoms with Crippen LogP contribution in [0, 0.1) is 5.92 Å². The first-order valence-electron chi connectivity index (χ1n) is 8.79. The van der Waals surface area contributed by atoms with E-state index in [1.54, 1.807) is 12.1 Å². The van der Waals surface area contributed by atoms with Crippen molar-refractivity contribution in [2.24, 2.45) is 5.92 Å². The minimum absolute atomic E-state index is 0.0211. The molecule has 1 unspecified atom stereocenters. The molecule has 0 spiro atoms. The first-order valence-corrected chi connectivity index (χ1v) is 8.79. The number of aromatic nitrogens is 1. The predicted octanol–water partition coefficient (Wildman–Crippen LogP) is 2.69. The van der Waals surface area contributed by atoms with Crippen molar-refractivity contribution in [1.82, 2.24) is 4.98 Å². The Morgan fingerprint density at radius 2 is 1.60 bits per heavy atom. The molecule has 1 aliphatic heterocycles. The van der Waals surface area contributed by atoms with Crippen molar-refractivity contribution in [2.75, 3.05) is 26.4 Å². The molecule has 3 rings (SSSR count). The minimum Gasteiger partial charge on any atom is -0.381 e. The van der Waals surface area contributed by atoms with E-state index in [2.05, 4.69) is 17.1 Å². The molecule has 5 nitrogen and oxygen atoms in total. The van der Waals surface area contributed by atoms with Crippen LogP contribution in [0.5, 0.6) is 0 Å². The molecule has 2 bridgehead atoms. The van der Waals surface area contributed by atoms with Crippen LogP contribution < -0.4 is 5.43 Å². The van der Waals surface area contributed by atoms with E-state index in [1.807, 2.05) is 18.2 Å². The molecule has 2 aromatic rings. The average molecular weight is 343 g/mol. The number of pyridine rings is 1. The molecule has 1 atom stereocenters. The van der Waals surface area contributed by atoms with E-state index in [-0.39, 0.29) is 11.3 Å². The summed E-state index contributed by atoms with van der Waals surface area (Å²) in [4.78, 5) is 15.0. The van der Waals surface area contributed by atoms with Gasteiger partial charge in [-0.25, -0.2) is 0 Å². The molecule has 0 radical (unpaired) electrons. The van der Waals surface area contributed by atoms with Gasteiger partial charge < -0.3 is 19.2 Å². The van der Waals surface area contributed by atoms with Gasteiger partial charge in [0.15, 0.2) is 5.43 Å². The van der Waals surface area contributed by atoms with Crippen LogP contribution in [-0.4, -0.2) is 31.4 Å². The highest BCUT2D eigenvalue weighted by Crippen LogP contribution is 2.12. The van der Waals surface area contributed by atoms with Crippen molar-refractivity contribution in [3.05, 3.63) is 69.6 Å². The number of ether oxygens (including phenoxy) is 3. The Bertz CT molecular complexity index is 698. The molecular weight excluding hydrogens is 318 g/mol. The first-order chi connectivity index (χ1) is 12.3. The number of nitrogens with one attached hydrogen (secondary N) is 1. The molecule has 0 amide bonds. The highest BCUT2D eigenvalue weighted by Gasteiger charge is 2.12. The summed E-state index contributed by atoms with van der Waals surface area (Å²) in [6.07, 6.45) is 1.75. The minimum atomic E-state index is -0.0211. The molecule has 0 fully saturated rings. The zero-order valence-electron chi connectivity index (χ0n) is 14.4. The van der Waals surface area contributed by atoms with E-state index >= 15 is 0 Å². The Kier molecular flexibility index (Phi) is 6.79. The zero-order valence-corrected chi connectivity index (χ0v) is 14.4. The summed E-state index contributed by atoms with van der Waals surface area (Å²) in [6, 6.07) is 13.5. The average Bonchev–Trinajstić information content (AvgIpc) is 2.60. The molecule has 134 valence electrons. The van der Waals surface area contributed by atoms with Crippen LogP contribution in [0.25, 0.3) is 0 Å². The third-order valence-corrected chi connectivity index (χ3v) is 4.12. The molecule has 1 N–H and O–H groups in total. The highest BCUT2D eigenvalue weighted by atomic mass is 16.5. The van der Waals surface area contributed by atoms with Gasteiger partial charge in [0.1, 0.15) is 0 Å². The molecule has 1 aromatic heterocycles. The molecule has 1 aliphatic rings. The summed E-state index contributed by atoms with van der Waals surface area (Å²) in [7, 11) is 0. The summed E-state index contributed by atoms with van der Waals surface area (Å²) < 4.78 is 17.3. The number of hydrogen-bond donors (Lipinski definition) is 1. The van der Waals surface area contributed by atoms with E-state index in [4.69, 9.17) is 14.2 Å². The third-order valence-electron chi connectivity index (χ3n) is 4.12. The van der Waals surface area contributed by atoms with Crippen LogP contribution in [0.2, 0.25) is 0 Å². The predicted molar refractivity (Wildman–Crippen MR) is 95.4 cm³/mol. The van der Waals surface area contributed by atoms with Crippen molar-refractivity contribution >= 4 is 0 Å². The first kappa shape index (κ1) is 17.9. The van der Waals surface area contributed by atoms with Crippen molar-refractivity contribution in [3.63, 3.8) is 0 Å². The van der Waals surface area contributed by atoms with E-state index < -0.39 is 0 Å². The van der Waals surface area contributed by atoms with Gasteiger partial charge >= 0.3 is 0 Å². The second kappa shape index (κ2) is 9.51. The number of fused-ring (bicyclic) bond motifs is 2. The fraction of sp³-hybridized carbons (Fsp3) is 0.450. The number of H-pyrrole nitrogens is 1. The zero-order chi connectivity index (χ0) is 17.3. The Morgan fingerprint density at radius 1 is 0.920 bits per heavy atom. The second-order valence-corrected chi connectivity index (χ2v) is 6.42. The third kappa shape index (κ3) is 6.12. The lowest BCUT2D eigenvalue weighted by molar-refractivity contribution is 0.0202. The van der Waals surface area contributed by atoms with Crippen LogP contribution in [0.4, 0.5) is 0 Å². The summed E-state index contributed by atoms with van der Waals surface area (Å²) in [5.74, 6) is 0.279. The Labute approximate surface area is 147 Å². The summed E-state index contributed by atoms with van der Waals surface area (Å²) >= 11 is 0. The number of rotatable bonds is 2. The molecule has 2 heterocycles. The summed E-state index contributed by atoms with van der Waals surface area (Å²) in [5.41, 5.74) is 2.82. The topological polar surface area (TPSA) is 60.6 Å². The van der Waals surface area contributed by atoms with E-state index in [1.165, 1.54) is 5.56 Å². The van der Waals surface area contributed by atoms with Gasteiger partial charge in [0.05, 0.1) is 26.4 Å². The monoisotopic (exact) mass is 343 g/mol. The van der Waals surface area contributed by atoms with Gasteiger partial charge in [-0.05, 0) is 18.4 Å². The molecule has 5 heteroatoms. The Hall–Kier alpha value is -1.95. The second-order valence-electron chi connectivity index (χ2n) is 6.42. The van der Waals surface area contributed by atoms with Gasteiger partial charge in [0.25, 0.3) is 0 Å². The van der Waals surface area contributed by atoms with Crippen molar-refractivity contribution in [3.8, 4) is 0 Å². The molecule has 0 aliphatic carbocycles. The Balaban J connectivity index is 1.66. The fourth-order valence-corrected chi connectivity index (χ4v) is 2.96. The lowest BCUT2D eigenvalue weighted by Crippen LogP contribution is -2.20. The SMILES string of the molecule is O=c1cc2[nH]c(c1)COCC(Cc1ccccc1)COCCCOC2. The molecule has 0 saturated carbocycles. The van der Waals surface area contributed by atoms with Gasteiger partial charge in [-0.15, -0.1) is 0 Å². The number of hydrogen-bond acceptors (Lipinski definition) is 4. The number of benzene rings is 1. The maximum absolute atomic E-state index is 11.8. The van der Waals surface area contributed by atoms with Gasteiger partial charge in [0.2, 0.25) is 0 Å². The maximum Gasteiger partial charge on any atom is 0.182 e. The largest absolute Gasteiger partial charge is 0.381 e. The van der Waals surface area contributed by atoms with Gasteiger partial charge in [-0.3, -0.25) is 4.79 Å². The van der Waals surface area contributed by atoms with Gasteiger partial charge in [-0.1, -0.05) is 30.3 Å². The lowest BCUT2D eigenvalue weighted by Gasteiger charge is -2.18. The van der Waals surface area contributed by atoms with Crippen molar-refractivity contribution in [2.45, 2.75) is 26.1 Å². The van der Waals surface area contributed by atoms with Crippen LogP contribution >= 0.6 is 0 Å². The summed E-state index contributed by atoms with van der Waals surface area (Å²) in [6.45, 7) is 3.32. The van der Waals surface area contributed by atoms with Crippen LogP contribution in [0.1, 0.15) is 23.4 Å². The smallest absolute Gasteiger partial charge is 0.182 e. The van der Waals surface area contributed by atoms with Crippen LogP contribution in [0.3, 0.4) is 0 Å². The molecule has 25 heavy (non-hydrogen) atoms. The van der Waals surface area contributed by atoms with Crippen molar-refractivity contribution < 1.29 is 14.2 Å². The van der Waals surface area contributed by atoms with E-state index in [0.29, 0.717) is 39.6 Å². The highest BCUT2D eigenvalue weighted by molar-refractivity contribution is 5.15. The molecule has 1 aromatic carbocycles. The van der Waals surface area contributed by atoms with E-state index in [0.717, 1.165) is 24.2 Å². The lowest BCUT2D eigenvalue weighted by atomic mass is 10.0.